The second-order valence-corrected chi connectivity index (χ2v) is 22.1. The summed E-state index contributed by atoms with van der Waals surface area (Å²) in [5.41, 5.74) is 22.5. The summed E-state index contributed by atoms with van der Waals surface area (Å²) in [6.45, 7) is 6.52. The van der Waals surface area contributed by atoms with E-state index in [2.05, 4.69) is 52.5 Å². The number of nitrogens with one attached hydrogen (secondary N) is 9. The Labute approximate surface area is 461 Å². The number of nitrogens with two attached hydrogens (primary N) is 4. The van der Waals surface area contributed by atoms with E-state index in [1.165, 1.54) is 17.4 Å². The van der Waals surface area contributed by atoms with Crippen LogP contribution in [0.4, 0.5) is 0 Å². The molecule has 0 unspecified atom stereocenters. The summed E-state index contributed by atoms with van der Waals surface area (Å²) in [6, 6.07) is -15.8. The first-order valence-electron chi connectivity index (χ1n) is 25.1. The summed E-state index contributed by atoms with van der Waals surface area (Å²) in [4.78, 5) is 194. The van der Waals surface area contributed by atoms with E-state index >= 15 is 0 Å². The summed E-state index contributed by atoms with van der Waals surface area (Å²) in [5, 5.41) is 38.7. The smallest absolute Gasteiger partial charge is 0.326 e. The van der Waals surface area contributed by atoms with Crippen LogP contribution in [0.25, 0.3) is 0 Å². The Morgan fingerprint density at radius 1 is 0.696 bits per heavy atom. The first-order valence-corrected chi connectivity index (χ1v) is 27.6. The number of rotatable bonds is 18. The minimum atomic E-state index is -1.84. The van der Waals surface area contributed by atoms with Crippen LogP contribution in [0.1, 0.15) is 91.2 Å². The number of hydrogen-bond donors (Lipinski definition) is 15. The number of carboxylic acid groups (broad SMARTS) is 2. The van der Waals surface area contributed by atoms with Gasteiger partial charge in [0.25, 0.3) is 0 Å². The molecule has 79 heavy (non-hydrogen) atoms. The molecule has 2 fully saturated rings. The molecule has 12 amide bonds. The molecule has 1 aromatic heterocycles. The monoisotopic (exact) mass is 1150 g/mol. The predicted octanol–water partition coefficient (Wildman–Crippen LogP) is -5.79. The second-order valence-electron chi connectivity index (χ2n) is 19.6. The zero-order valence-corrected chi connectivity index (χ0v) is 45.5. The SMILES string of the molecule is CC(C)C[C@H]1NC(=O)[C@H](CCC(=O)O)NC(=O)[C@@H](CC(N)=O)NC(=O)[C@@H](N)CSSC[C@@H](C(=O)N[C@@H](CC(N)=O)C(=O)O)NC(=O)[C@H]2CCCN2C(=O)[C@H](C(C)C)NC(=O)[C@@H](CCC(N)=O)NC(=O)[C@H](Cc2cnc[nH]2)NC1=O. The molecule has 3 heterocycles. The molecule has 0 bridgehead atoms. The van der Waals surface area contributed by atoms with Crippen molar-refractivity contribution >= 4 is 104 Å². The van der Waals surface area contributed by atoms with Crippen molar-refractivity contribution in [1.82, 2.24) is 57.4 Å². The number of carbonyl (C=O) groups excluding carboxylic acids is 12. The van der Waals surface area contributed by atoms with Gasteiger partial charge in [0.05, 0.1) is 25.2 Å². The van der Waals surface area contributed by atoms with Crippen LogP contribution < -0.4 is 65.5 Å². The Hall–Kier alpha value is -7.55. The fraction of sp³-hybridized carbons (Fsp3) is 0.630. The Morgan fingerprint density at radius 2 is 1.25 bits per heavy atom. The van der Waals surface area contributed by atoms with E-state index in [0.717, 1.165) is 21.6 Å². The van der Waals surface area contributed by atoms with Crippen LogP contribution in [0.15, 0.2) is 12.5 Å². The highest BCUT2D eigenvalue weighted by molar-refractivity contribution is 8.76. The van der Waals surface area contributed by atoms with Gasteiger partial charge in [0.2, 0.25) is 70.9 Å². The number of aromatic amines is 1. The average molecular weight is 1150 g/mol. The number of nitrogens with zero attached hydrogens (tertiary/aromatic N) is 2. The topological polar surface area (TPSA) is 512 Å². The number of primary amides is 3. The molecule has 33 heteroatoms. The Kier molecular flexibility index (Phi) is 26.4. The molecule has 438 valence electrons. The molecule has 2 saturated heterocycles. The number of carbonyl (C=O) groups is 14. The quantitative estimate of drug-likeness (QED) is 0.0609. The van der Waals surface area contributed by atoms with Crippen molar-refractivity contribution in [2.75, 3.05) is 18.1 Å². The molecule has 0 radical (unpaired) electrons. The van der Waals surface area contributed by atoms with Crippen LogP contribution in [0.5, 0.6) is 0 Å². The van der Waals surface area contributed by atoms with Gasteiger partial charge in [-0.15, -0.1) is 0 Å². The molecular formula is C46H71N15O16S2. The van der Waals surface area contributed by atoms with Gasteiger partial charge in [-0.3, -0.25) is 62.3 Å². The van der Waals surface area contributed by atoms with Gasteiger partial charge in [-0.05, 0) is 43.9 Å². The van der Waals surface area contributed by atoms with E-state index in [0.29, 0.717) is 5.69 Å². The van der Waals surface area contributed by atoms with Crippen LogP contribution in [0.2, 0.25) is 0 Å². The number of hydrogen-bond acceptors (Lipinski definition) is 18. The lowest BCUT2D eigenvalue weighted by molar-refractivity contribution is -0.144. The molecule has 10 atom stereocenters. The zero-order chi connectivity index (χ0) is 59.3. The standard InChI is InChI=1S/C46H71N15O16S2/c1-20(2)12-26-40(70)57-27(13-22-16-51-19-52-22)41(71)53-24(7-9-32(48)62)39(69)60-36(21(3)4)45(75)61-11-5-6-31(61)44(74)59-30(43(73)58-29(46(76)77)15-34(50)64)18-79-78-17-23(47)37(67)55-28(14-33(49)63)42(72)54-25(38(68)56-26)8-10-35(65)66/h16,19-21,23-31,36H,5-15,17-18,47H2,1-4H3,(H2,48,62)(H2,49,63)(H2,50,64)(H,51,52)(H,53,71)(H,54,72)(H,55,67)(H,56,68)(H,57,70)(H,58,73)(H,59,74)(H,60,69)(H,65,66)(H,76,77)/t23-,24+,25-,26+,27-,28+,29-,30-,31+,36-/m0/s1. The number of imidazole rings is 1. The summed E-state index contributed by atoms with van der Waals surface area (Å²) < 4.78 is 0. The molecule has 0 spiro atoms. The zero-order valence-electron chi connectivity index (χ0n) is 43.9. The fourth-order valence-corrected chi connectivity index (χ4v) is 10.4. The highest BCUT2D eigenvalue weighted by atomic mass is 33.1. The van der Waals surface area contributed by atoms with Crippen molar-refractivity contribution in [3.63, 3.8) is 0 Å². The summed E-state index contributed by atoms with van der Waals surface area (Å²) in [5.74, 6) is -16.8. The van der Waals surface area contributed by atoms with Crippen molar-refractivity contribution in [3.8, 4) is 0 Å². The number of aliphatic carboxylic acids is 2. The van der Waals surface area contributed by atoms with Gasteiger partial charge in [-0.2, -0.15) is 0 Å². The highest BCUT2D eigenvalue weighted by Gasteiger charge is 2.42. The maximum atomic E-state index is 14.5. The minimum Gasteiger partial charge on any atom is -0.481 e. The van der Waals surface area contributed by atoms with Crippen LogP contribution in [0.3, 0.4) is 0 Å². The van der Waals surface area contributed by atoms with Gasteiger partial charge in [0.1, 0.15) is 54.4 Å². The van der Waals surface area contributed by atoms with Crippen LogP contribution in [-0.2, 0) is 73.5 Å². The van der Waals surface area contributed by atoms with Crippen LogP contribution >= 0.6 is 21.6 Å². The van der Waals surface area contributed by atoms with Crippen molar-refractivity contribution in [1.29, 1.82) is 0 Å². The lowest BCUT2D eigenvalue weighted by Crippen LogP contribution is -2.61. The number of carboxylic acids is 2. The number of fused-ring (bicyclic) bond motifs is 1. The van der Waals surface area contributed by atoms with E-state index in [4.69, 9.17) is 22.9 Å². The molecule has 0 saturated carbocycles. The van der Waals surface area contributed by atoms with E-state index in [9.17, 15) is 77.3 Å². The lowest BCUT2D eigenvalue weighted by Gasteiger charge is -2.32. The van der Waals surface area contributed by atoms with Gasteiger partial charge in [-0.25, -0.2) is 9.78 Å². The van der Waals surface area contributed by atoms with Gasteiger partial charge in [-0.1, -0.05) is 49.3 Å². The molecule has 1 aromatic rings. The molecular weight excluding hydrogens is 1080 g/mol. The molecule has 0 aromatic carbocycles. The van der Waals surface area contributed by atoms with E-state index in [1.54, 1.807) is 27.7 Å². The molecule has 2 aliphatic heterocycles. The number of H-pyrrole nitrogens is 1. The lowest BCUT2D eigenvalue weighted by atomic mass is 10.00. The first kappa shape index (κ1) is 65.7. The number of aromatic nitrogens is 2. The van der Waals surface area contributed by atoms with Crippen molar-refractivity contribution in [2.24, 2.45) is 34.8 Å². The molecule has 2 aliphatic rings. The molecule has 31 nitrogen and oxygen atoms in total. The van der Waals surface area contributed by atoms with Gasteiger partial charge in [0.15, 0.2) is 0 Å². The van der Waals surface area contributed by atoms with Crippen molar-refractivity contribution < 1.29 is 77.3 Å². The maximum absolute atomic E-state index is 14.5. The van der Waals surface area contributed by atoms with Crippen molar-refractivity contribution in [3.05, 3.63) is 18.2 Å². The van der Waals surface area contributed by atoms with Gasteiger partial charge in [0, 0.05) is 49.2 Å². The third-order valence-electron chi connectivity index (χ3n) is 12.2. The Morgan fingerprint density at radius 3 is 1.81 bits per heavy atom. The predicted molar refractivity (Wildman–Crippen MR) is 280 cm³/mol. The third kappa shape index (κ3) is 22.0. The third-order valence-corrected chi connectivity index (χ3v) is 14.7. The van der Waals surface area contributed by atoms with E-state index in [1.807, 2.05) is 0 Å². The van der Waals surface area contributed by atoms with Gasteiger partial charge >= 0.3 is 11.9 Å². The fourth-order valence-electron chi connectivity index (χ4n) is 8.09. The largest absolute Gasteiger partial charge is 0.481 e. The molecule has 19 N–H and O–H groups in total. The summed E-state index contributed by atoms with van der Waals surface area (Å²) >= 11 is 0. The summed E-state index contributed by atoms with van der Waals surface area (Å²) in [6.07, 6.45) is -1.35. The van der Waals surface area contributed by atoms with Crippen LogP contribution in [-0.4, -0.2) is 186 Å². The van der Waals surface area contributed by atoms with Crippen molar-refractivity contribution in [2.45, 2.75) is 152 Å². The Balaban J connectivity index is 2.18. The minimum absolute atomic E-state index is 0.0167. The summed E-state index contributed by atoms with van der Waals surface area (Å²) in [7, 11) is 1.72. The average Bonchev–Trinajstić information content (AvgIpc) is 4.08. The molecule has 3 rings (SSSR count). The Bertz CT molecular complexity index is 2410. The second kappa shape index (κ2) is 31.8. The first-order chi connectivity index (χ1) is 37.1. The maximum Gasteiger partial charge on any atom is 0.326 e. The van der Waals surface area contributed by atoms with E-state index in [-0.39, 0.29) is 49.7 Å². The van der Waals surface area contributed by atoms with Gasteiger partial charge < -0.3 is 85.6 Å². The van der Waals surface area contributed by atoms with Crippen LogP contribution in [0, 0.1) is 11.8 Å². The van der Waals surface area contributed by atoms with E-state index < -0.39 is 188 Å². The molecule has 0 aliphatic carbocycles. The normalized spacial score (nSPS) is 25.3. The number of amides is 12. The highest BCUT2D eigenvalue weighted by Crippen LogP contribution is 2.25.